The van der Waals surface area contributed by atoms with Crippen LogP contribution in [0.1, 0.15) is 29.2 Å². The molecule has 0 unspecified atom stereocenters. The van der Waals surface area contributed by atoms with Crippen molar-refractivity contribution in [2.45, 2.75) is 26.6 Å². The van der Waals surface area contributed by atoms with E-state index in [4.69, 9.17) is 9.47 Å². The first-order valence-corrected chi connectivity index (χ1v) is 13.9. The zero-order valence-corrected chi connectivity index (χ0v) is 24.3. The van der Waals surface area contributed by atoms with Gasteiger partial charge in [0, 0.05) is 10.2 Å². The van der Waals surface area contributed by atoms with Crippen LogP contribution in [0, 0.1) is 6.92 Å². The van der Waals surface area contributed by atoms with Crippen LogP contribution in [0.2, 0.25) is 0 Å². The number of carbonyl (C=O) groups excluding carboxylic acids is 3. The fourth-order valence-corrected chi connectivity index (χ4v) is 5.17. The van der Waals surface area contributed by atoms with Gasteiger partial charge in [0.1, 0.15) is 13.2 Å². The molecule has 0 bridgehead atoms. The summed E-state index contributed by atoms with van der Waals surface area (Å²) in [6.07, 6.45) is -3.09. The second kappa shape index (κ2) is 12.8. The second-order valence-electron chi connectivity index (χ2n) is 8.93. The lowest BCUT2D eigenvalue weighted by atomic mass is 10.1. The van der Waals surface area contributed by atoms with E-state index in [1.165, 1.54) is 12.1 Å². The third-order valence-electron chi connectivity index (χ3n) is 5.78. The van der Waals surface area contributed by atoms with Gasteiger partial charge in [-0.05, 0) is 73.1 Å². The molecule has 41 heavy (non-hydrogen) atoms. The molecule has 4 rings (SSSR count). The molecule has 0 aliphatic carbocycles. The number of rotatable bonds is 9. The van der Waals surface area contributed by atoms with E-state index in [1.54, 1.807) is 12.1 Å². The molecule has 0 radical (unpaired) electrons. The van der Waals surface area contributed by atoms with Crippen molar-refractivity contribution in [2.24, 2.45) is 0 Å². The van der Waals surface area contributed by atoms with Gasteiger partial charge in [0.2, 0.25) is 5.91 Å². The van der Waals surface area contributed by atoms with Gasteiger partial charge in [0.25, 0.3) is 11.1 Å². The Labute approximate surface area is 246 Å². The predicted molar refractivity (Wildman–Crippen MR) is 154 cm³/mol. The summed E-state index contributed by atoms with van der Waals surface area (Å²) in [5, 5.41) is 1.62. The summed E-state index contributed by atoms with van der Waals surface area (Å²) in [5.74, 6) is -0.599. The molecule has 1 fully saturated rings. The van der Waals surface area contributed by atoms with Crippen molar-refractivity contribution in [1.29, 1.82) is 0 Å². The van der Waals surface area contributed by atoms with E-state index < -0.39 is 35.3 Å². The SMILES string of the molecule is CCOc1cc(/C=C2\SC(=O)N(CC(=O)Nc3cccc(C(F)(F)F)c3)C2=O)c(Br)cc1OCc1cccc(C)c1. The summed E-state index contributed by atoms with van der Waals surface area (Å²) in [4.78, 5) is 38.8. The van der Waals surface area contributed by atoms with Crippen LogP contribution in [0.5, 0.6) is 11.5 Å². The normalized spacial score (nSPS) is 14.5. The number of imide groups is 1. The summed E-state index contributed by atoms with van der Waals surface area (Å²) < 4.78 is 51.2. The maximum atomic E-state index is 13.0. The van der Waals surface area contributed by atoms with Crippen molar-refractivity contribution in [2.75, 3.05) is 18.5 Å². The van der Waals surface area contributed by atoms with Crippen LogP contribution in [0.4, 0.5) is 23.7 Å². The van der Waals surface area contributed by atoms with Crippen molar-refractivity contribution in [3.8, 4) is 11.5 Å². The number of anilines is 1. The van der Waals surface area contributed by atoms with Crippen LogP contribution in [0.25, 0.3) is 6.08 Å². The van der Waals surface area contributed by atoms with Crippen LogP contribution < -0.4 is 14.8 Å². The van der Waals surface area contributed by atoms with E-state index in [1.807, 2.05) is 38.1 Å². The molecule has 1 N–H and O–H groups in total. The van der Waals surface area contributed by atoms with E-state index in [0.29, 0.717) is 46.5 Å². The number of nitrogens with one attached hydrogen (secondary N) is 1. The van der Waals surface area contributed by atoms with Crippen molar-refractivity contribution >= 4 is 56.5 Å². The lowest BCUT2D eigenvalue weighted by molar-refractivity contribution is -0.137. The van der Waals surface area contributed by atoms with Gasteiger partial charge >= 0.3 is 6.18 Å². The zero-order chi connectivity index (χ0) is 29.7. The highest BCUT2D eigenvalue weighted by Crippen LogP contribution is 2.38. The minimum absolute atomic E-state index is 0.0680. The average molecular weight is 649 g/mol. The number of nitrogens with zero attached hydrogens (tertiary/aromatic N) is 1. The van der Waals surface area contributed by atoms with Gasteiger partial charge in [-0.1, -0.05) is 51.8 Å². The molecular formula is C29H24BrF3N2O5S. The molecule has 12 heteroatoms. The predicted octanol–water partition coefficient (Wildman–Crippen LogP) is 7.43. The molecule has 1 heterocycles. The molecule has 7 nitrogen and oxygen atoms in total. The number of halogens is 4. The van der Waals surface area contributed by atoms with E-state index in [-0.39, 0.29) is 10.6 Å². The van der Waals surface area contributed by atoms with Gasteiger partial charge in [-0.15, -0.1) is 0 Å². The van der Waals surface area contributed by atoms with Crippen molar-refractivity contribution < 1.29 is 37.0 Å². The molecule has 0 spiro atoms. The van der Waals surface area contributed by atoms with Crippen LogP contribution in [0.3, 0.4) is 0 Å². The van der Waals surface area contributed by atoms with Crippen molar-refractivity contribution in [1.82, 2.24) is 4.90 Å². The number of thioether (sulfide) groups is 1. The Morgan fingerprint density at radius 2 is 1.78 bits per heavy atom. The number of hydrogen-bond acceptors (Lipinski definition) is 6. The highest BCUT2D eigenvalue weighted by atomic mass is 79.9. The first-order chi connectivity index (χ1) is 19.4. The third-order valence-corrected chi connectivity index (χ3v) is 7.37. The van der Waals surface area contributed by atoms with Gasteiger partial charge in [-0.25, -0.2) is 0 Å². The molecule has 214 valence electrons. The number of carbonyl (C=O) groups is 3. The summed E-state index contributed by atoms with van der Waals surface area (Å²) in [6.45, 7) is 3.83. The number of benzene rings is 3. The Hall–Kier alpha value is -3.77. The van der Waals surface area contributed by atoms with Crippen LogP contribution >= 0.6 is 27.7 Å². The maximum absolute atomic E-state index is 13.0. The average Bonchev–Trinajstić information content (AvgIpc) is 3.16. The van der Waals surface area contributed by atoms with Crippen LogP contribution in [0.15, 0.2) is 70.0 Å². The minimum atomic E-state index is -4.58. The molecule has 1 aliphatic rings. The summed E-state index contributed by atoms with van der Waals surface area (Å²) in [5.41, 5.74) is 1.58. The molecule has 3 aromatic carbocycles. The zero-order valence-electron chi connectivity index (χ0n) is 21.9. The van der Waals surface area contributed by atoms with Crippen molar-refractivity contribution in [3.05, 3.63) is 92.3 Å². The standard InChI is InChI=1S/C29H24BrF3N2O5S/c1-3-39-23-11-19(22(30)14-24(23)40-16-18-7-4-6-17(2)10-18)12-25-27(37)35(28(38)41-25)15-26(36)34-21-9-5-8-20(13-21)29(31,32)33/h4-14H,3,15-16H2,1-2H3,(H,34,36)/b25-12-. The van der Waals surface area contributed by atoms with Gasteiger partial charge in [0.15, 0.2) is 11.5 Å². The quantitative estimate of drug-likeness (QED) is 0.243. The molecule has 3 aromatic rings. The second-order valence-corrected chi connectivity index (χ2v) is 10.8. The summed E-state index contributed by atoms with van der Waals surface area (Å²) >= 11 is 4.13. The topological polar surface area (TPSA) is 84.9 Å². The summed E-state index contributed by atoms with van der Waals surface area (Å²) in [7, 11) is 0. The lowest BCUT2D eigenvalue weighted by Gasteiger charge is -2.15. The number of aryl methyl sites for hydroxylation is 1. The monoisotopic (exact) mass is 648 g/mol. The van der Waals surface area contributed by atoms with Gasteiger partial charge < -0.3 is 14.8 Å². The Kier molecular flexibility index (Phi) is 9.44. The maximum Gasteiger partial charge on any atom is 0.416 e. The highest BCUT2D eigenvalue weighted by Gasteiger charge is 2.37. The van der Waals surface area contributed by atoms with Gasteiger partial charge in [0.05, 0.1) is 17.1 Å². The number of ether oxygens (including phenoxy) is 2. The van der Waals surface area contributed by atoms with E-state index in [9.17, 15) is 27.6 Å². The van der Waals surface area contributed by atoms with E-state index >= 15 is 0 Å². The fraction of sp³-hybridized carbons (Fsp3) is 0.207. The van der Waals surface area contributed by atoms with Gasteiger partial charge in [-0.2, -0.15) is 13.2 Å². The van der Waals surface area contributed by atoms with E-state index in [0.717, 1.165) is 34.2 Å². The molecule has 0 aromatic heterocycles. The Balaban J connectivity index is 1.48. The molecule has 0 atom stereocenters. The molecule has 3 amide bonds. The Morgan fingerprint density at radius 1 is 1.05 bits per heavy atom. The lowest BCUT2D eigenvalue weighted by Crippen LogP contribution is -2.36. The smallest absolute Gasteiger partial charge is 0.416 e. The molecule has 0 saturated carbocycles. The molecule has 1 aliphatic heterocycles. The molecule has 1 saturated heterocycles. The van der Waals surface area contributed by atoms with Crippen LogP contribution in [-0.4, -0.2) is 35.1 Å². The Morgan fingerprint density at radius 3 is 2.49 bits per heavy atom. The minimum Gasteiger partial charge on any atom is -0.490 e. The summed E-state index contributed by atoms with van der Waals surface area (Å²) in [6, 6.07) is 15.3. The Bertz CT molecular complexity index is 1530. The van der Waals surface area contributed by atoms with E-state index in [2.05, 4.69) is 21.2 Å². The van der Waals surface area contributed by atoms with Gasteiger partial charge in [-0.3, -0.25) is 19.3 Å². The number of amides is 3. The number of hydrogen-bond donors (Lipinski definition) is 1. The third kappa shape index (κ3) is 7.70. The molecular weight excluding hydrogens is 625 g/mol. The van der Waals surface area contributed by atoms with Crippen LogP contribution in [-0.2, 0) is 22.4 Å². The largest absolute Gasteiger partial charge is 0.490 e. The highest BCUT2D eigenvalue weighted by molar-refractivity contribution is 9.10. The fourth-order valence-electron chi connectivity index (χ4n) is 3.90. The first kappa shape index (κ1) is 30.2. The van der Waals surface area contributed by atoms with Crippen molar-refractivity contribution in [3.63, 3.8) is 0 Å². The first-order valence-electron chi connectivity index (χ1n) is 12.3. The number of alkyl halides is 3.